The molecule has 1 N–H and O–H groups in total. The second-order valence-electron chi connectivity index (χ2n) is 6.72. The van der Waals surface area contributed by atoms with E-state index in [1.165, 1.54) is 6.07 Å². The Morgan fingerprint density at radius 1 is 1.17 bits per heavy atom. The molecule has 1 aromatic carbocycles. The van der Waals surface area contributed by atoms with Crippen molar-refractivity contribution in [2.45, 2.75) is 53.1 Å². The van der Waals surface area contributed by atoms with Gasteiger partial charge in [-0.3, -0.25) is 0 Å². The summed E-state index contributed by atoms with van der Waals surface area (Å²) in [6.07, 6.45) is 1.09. The highest BCUT2D eigenvalue weighted by molar-refractivity contribution is 9.10. The molecule has 0 fully saturated rings. The third kappa shape index (κ3) is 5.49. The Morgan fingerprint density at radius 2 is 1.78 bits per heavy atom. The molecule has 0 radical (unpaired) electrons. The van der Waals surface area contributed by atoms with E-state index in [4.69, 9.17) is 0 Å². The summed E-state index contributed by atoms with van der Waals surface area (Å²) < 4.78 is 13.7. The van der Waals surface area contributed by atoms with Crippen LogP contribution in [0.2, 0.25) is 0 Å². The molecule has 0 amide bonds. The van der Waals surface area contributed by atoms with Crippen molar-refractivity contribution in [1.29, 1.82) is 0 Å². The predicted molar refractivity (Wildman–Crippen MR) is 79.1 cm³/mol. The number of rotatable bonds is 4. The topological polar surface area (TPSA) is 12.0 Å². The Morgan fingerprint density at radius 3 is 2.28 bits per heavy atom. The van der Waals surface area contributed by atoms with E-state index in [1.54, 1.807) is 0 Å². The molecule has 0 atom stereocenters. The highest BCUT2D eigenvalue weighted by atomic mass is 79.9. The summed E-state index contributed by atoms with van der Waals surface area (Å²) in [5.74, 6) is -0.215. The minimum absolute atomic E-state index is 0.0686. The van der Waals surface area contributed by atoms with Gasteiger partial charge in [0, 0.05) is 12.1 Å². The summed E-state index contributed by atoms with van der Waals surface area (Å²) in [5.41, 5.74) is 1.45. The van der Waals surface area contributed by atoms with Gasteiger partial charge >= 0.3 is 0 Å². The predicted octanol–water partition coefficient (Wildman–Crippen LogP) is 4.89. The molecule has 18 heavy (non-hydrogen) atoms. The lowest BCUT2D eigenvalue weighted by Gasteiger charge is -2.33. The third-order valence-electron chi connectivity index (χ3n) is 2.73. The zero-order valence-corrected chi connectivity index (χ0v) is 13.5. The summed E-state index contributed by atoms with van der Waals surface area (Å²) in [5, 5.41) is 3.54. The van der Waals surface area contributed by atoms with Gasteiger partial charge in [0.25, 0.3) is 0 Å². The number of hydrogen-bond donors (Lipinski definition) is 1. The van der Waals surface area contributed by atoms with E-state index in [2.05, 4.69) is 55.9 Å². The molecule has 1 nitrogen and oxygen atoms in total. The molecule has 0 aliphatic heterocycles. The first kappa shape index (κ1) is 15.6. The van der Waals surface area contributed by atoms with E-state index in [9.17, 15) is 4.39 Å². The van der Waals surface area contributed by atoms with Crippen molar-refractivity contribution in [2.75, 3.05) is 0 Å². The Hall–Kier alpha value is -0.410. The van der Waals surface area contributed by atoms with E-state index in [-0.39, 0.29) is 11.4 Å². The molecule has 0 aromatic heterocycles. The molecule has 1 rings (SSSR count). The van der Waals surface area contributed by atoms with Gasteiger partial charge in [0.15, 0.2) is 0 Å². The maximum absolute atomic E-state index is 13.1. The Labute approximate surface area is 118 Å². The van der Waals surface area contributed by atoms with Crippen LogP contribution in [0.15, 0.2) is 22.7 Å². The smallest absolute Gasteiger partial charge is 0.137 e. The highest BCUT2D eigenvalue weighted by Gasteiger charge is 2.24. The van der Waals surface area contributed by atoms with Crippen LogP contribution in [-0.2, 0) is 6.54 Å². The first-order valence-corrected chi connectivity index (χ1v) is 7.07. The number of hydrogen-bond acceptors (Lipinski definition) is 1. The van der Waals surface area contributed by atoms with Crippen molar-refractivity contribution in [1.82, 2.24) is 5.32 Å². The van der Waals surface area contributed by atoms with Crippen molar-refractivity contribution in [2.24, 2.45) is 5.41 Å². The van der Waals surface area contributed by atoms with Gasteiger partial charge in [-0.2, -0.15) is 0 Å². The lowest BCUT2D eigenvalue weighted by Crippen LogP contribution is -2.41. The maximum atomic E-state index is 13.1. The second kappa shape index (κ2) is 5.70. The van der Waals surface area contributed by atoms with Gasteiger partial charge in [-0.05, 0) is 59.3 Å². The van der Waals surface area contributed by atoms with Crippen LogP contribution < -0.4 is 5.32 Å². The van der Waals surface area contributed by atoms with Gasteiger partial charge < -0.3 is 5.32 Å². The quantitative estimate of drug-likeness (QED) is 0.834. The summed E-state index contributed by atoms with van der Waals surface area (Å²) in [7, 11) is 0. The molecule has 3 heteroatoms. The van der Waals surface area contributed by atoms with E-state index in [0.29, 0.717) is 9.89 Å². The number of halogens is 2. The molecular formula is C15H23BrFN. The van der Waals surface area contributed by atoms with Gasteiger partial charge in [-0.25, -0.2) is 4.39 Å². The zero-order chi connectivity index (χ0) is 14.0. The highest BCUT2D eigenvalue weighted by Crippen LogP contribution is 2.27. The standard InChI is InChI=1S/C15H23BrFN/c1-14(2,3)10-15(4,5)18-9-11-6-7-13(17)12(16)8-11/h6-8,18H,9-10H2,1-5H3. The average Bonchev–Trinajstić information content (AvgIpc) is 2.16. The van der Waals surface area contributed by atoms with Crippen LogP contribution in [0.25, 0.3) is 0 Å². The van der Waals surface area contributed by atoms with Crippen LogP contribution in [0.4, 0.5) is 4.39 Å². The number of nitrogens with one attached hydrogen (secondary N) is 1. The maximum Gasteiger partial charge on any atom is 0.137 e. The fraction of sp³-hybridized carbons (Fsp3) is 0.600. The molecule has 0 unspecified atom stereocenters. The summed E-state index contributed by atoms with van der Waals surface area (Å²) in [6.45, 7) is 11.9. The largest absolute Gasteiger partial charge is 0.308 e. The van der Waals surface area contributed by atoms with Crippen molar-refractivity contribution in [3.63, 3.8) is 0 Å². The summed E-state index contributed by atoms with van der Waals surface area (Å²) in [4.78, 5) is 0. The van der Waals surface area contributed by atoms with E-state index < -0.39 is 0 Å². The molecule has 1 aromatic rings. The van der Waals surface area contributed by atoms with Crippen molar-refractivity contribution in [3.8, 4) is 0 Å². The second-order valence-corrected chi connectivity index (χ2v) is 7.58. The number of benzene rings is 1. The van der Waals surface area contributed by atoms with E-state index in [1.807, 2.05) is 12.1 Å². The molecule has 0 bridgehead atoms. The molecule has 0 saturated heterocycles. The Kier molecular flexibility index (Phi) is 4.96. The SMILES string of the molecule is CC(C)(C)CC(C)(C)NCc1ccc(F)c(Br)c1. The van der Waals surface area contributed by atoms with Gasteiger partial charge in [-0.1, -0.05) is 26.8 Å². The van der Waals surface area contributed by atoms with Crippen LogP contribution in [0.3, 0.4) is 0 Å². The fourth-order valence-corrected chi connectivity index (χ4v) is 2.81. The minimum Gasteiger partial charge on any atom is -0.308 e. The molecule has 102 valence electrons. The Bertz CT molecular complexity index is 407. The van der Waals surface area contributed by atoms with Crippen LogP contribution >= 0.6 is 15.9 Å². The van der Waals surface area contributed by atoms with Crippen LogP contribution in [0.5, 0.6) is 0 Å². The van der Waals surface area contributed by atoms with Crippen LogP contribution in [-0.4, -0.2) is 5.54 Å². The van der Waals surface area contributed by atoms with Gasteiger partial charge in [0.1, 0.15) is 5.82 Å². The van der Waals surface area contributed by atoms with Crippen LogP contribution in [0, 0.1) is 11.2 Å². The monoisotopic (exact) mass is 315 g/mol. The average molecular weight is 316 g/mol. The normalized spacial score (nSPS) is 12.8. The van der Waals surface area contributed by atoms with Crippen molar-refractivity contribution < 1.29 is 4.39 Å². The fourth-order valence-electron chi connectivity index (χ4n) is 2.38. The molecule has 0 saturated carbocycles. The third-order valence-corrected chi connectivity index (χ3v) is 3.34. The minimum atomic E-state index is -0.215. The molecule has 0 spiro atoms. The molecule has 0 aliphatic carbocycles. The summed E-state index contributed by atoms with van der Waals surface area (Å²) >= 11 is 3.21. The van der Waals surface area contributed by atoms with Crippen molar-refractivity contribution in [3.05, 3.63) is 34.1 Å². The van der Waals surface area contributed by atoms with Gasteiger partial charge in [0.05, 0.1) is 4.47 Å². The lowest BCUT2D eigenvalue weighted by molar-refractivity contribution is 0.240. The Balaban J connectivity index is 2.61. The van der Waals surface area contributed by atoms with E-state index >= 15 is 0 Å². The summed E-state index contributed by atoms with van der Waals surface area (Å²) in [6, 6.07) is 5.15. The molecular weight excluding hydrogens is 293 g/mol. The first-order chi connectivity index (χ1) is 8.09. The lowest BCUT2D eigenvalue weighted by atomic mass is 9.82. The zero-order valence-electron chi connectivity index (χ0n) is 11.9. The van der Waals surface area contributed by atoms with Gasteiger partial charge in [-0.15, -0.1) is 0 Å². The van der Waals surface area contributed by atoms with Crippen molar-refractivity contribution >= 4 is 15.9 Å². The van der Waals surface area contributed by atoms with Crippen LogP contribution in [0.1, 0.15) is 46.6 Å². The molecule has 0 heterocycles. The molecule has 0 aliphatic rings. The van der Waals surface area contributed by atoms with E-state index in [0.717, 1.165) is 18.5 Å². The van der Waals surface area contributed by atoms with Gasteiger partial charge in [0.2, 0.25) is 0 Å². The first-order valence-electron chi connectivity index (χ1n) is 6.28.